The first kappa shape index (κ1) is 17.5. The van der Waals surface area contributed by atoms with E-state index < -0.39 is 17.5 Å². The molecule has 26 heavy (non-hydrogen) atoms. The van der Waals surface area contributed by atoms with Gasteiger partial charge in [-0.05, 0) is 30.7 Å². The van der Waals surface area contributed by atoms with Gasteiger partial charge in [0.15, 0.2) is 11.6 Å². The van der Waals surface area contributed by atoms with E-state index in [-0.39, 0.29) is 50.6 Å². The maximum atomic E-state index is 13.2. The molecule has 0 amide bonds. The van der Waals surface area contributed by atoms with E-state index in [0.717, 1.165) is 0 Å². The summed E-state index contributed by atoms with van der Waals surface area (Å²) in [6, 6.07) is 4.36. The van der Waals surface area contributed by atoms with Gasteiger partial charge in [0, 0.05) is 11.1 Å². The summed E-state index contributed by atoms with van der Waals surface area (Å²) in [6.45, 7) is 1.48. The first-order valence-corrected chi connectivity index (χ1v) is 7.66. The fraction of sp³-hybridized carbons (Fsp3) is 0.211. The second kappa shape index (κ2) is 6.18. The molecular weight excluding hydrogens is 340 g/mol. The van der Waals surface area contributed by atoms with Crippen molar-refractivity contribution in [1.29, 1.82) is 0 Å². The Morgan fingerprint density at radius 1 is 0.846 bits per heavy atom. The molecule has 0 radical (unpaired) electrons. The highest BCUT2D eigenvalue weighted by atomic mass is 16.5. The molecule has 0 aromatic heterocycles. The number of methoxy groups -OCH3 is 3. The van der Waals surface area contributed by atoms with Gasteiger partial charge < -0.3 is 19.3 Å². The number of aromatic carboxylic acids is 1. The minimum absolute atomic E-state index is 0.0141. The van der Waals surface area contributed by atoms with Crippen LogP contribution in [0, 0.1) is 6.92 Å². The molecule has 0 unspecified atom stereocenters. The first-order chi connectivity index (χ1) is 12.4. The summed E-state index contributed by atoms with van der Waals surface area (Å²) in [7, 11) is 4.09. The molecule has 0 bridgehead atoms. The summed E-state index contributed by atoms with van der Waals surface area (Å²) < 4.78 is 15.6. The number of rotatable bonds is 4. The van der Waals surface area contributed by atoms with E-state index in [1.807, 2.05) is 0 Å². The molecule has 0 saturated heterocycles. The molecular formula is C19H16O7. The maximum Gasteiger partial charge on any atom is 0.339 e. The van der Waals surface area contributed by atoms with Gasteiger partial charge in [0.2, 0.25) is 0 Å². The molecule has 7 nitrogen and oxygen atoms in total. The Morgan fingerprint density at radius 2 is 1.35 bits per heavy atom. The lowest BCUT2D eigenvalue weighted by Gasteiger charge is -2.24. The molecule has 7 heteroatoms. The summed E-state index contributed by atoms with van der Waals surface area (Å²) in [5, 5.41) is 9.49. The molecule has 0 saturated carbocycles. The largest absolute Gasteiger partial charge is 0.496 e. The number of fused-ring (bicyclic) bond motifs is 2. The topological polar surface area (TPSA) is 99.1 Å². The standard InChI is InChI=1S/C19H16O7/c1-8-13-9(7-12(26-4)14(8)19(22)23)17(20)15-10(24-2)5-6-11(25-3)16(15)18(13)21/h5-7H,1-4H3,(H,22,23). The van der Waals surface area contributed by atoms with Crippen LogP contribution in [0.4, 0.5) is 0 Å². The van der Waals surface area contributed by atoms with E-state index in [4.69, 9.17) is 14.2 Å². The van der Waals surface area contributed by atoms with E-state index in [0.29, 0.717) is 0 Å². The van der Waals surface area contributed by atoms with Crippen LogP contribution < -0.4 is 14.2 Å². The minimum atomic E-state index is -1.24. The third kappa shape index (κ3) is 2.24. The van der Waals surface area contributed by atoms with Crippen LogP contribution in [-0.4, -0.2) is 44.0 Å². The Hall–Kier alpha value is -3.35. The summed E-state index contributed by atoms with van der Waals surface area (Å²) in [5.41, 5.74) is 0.280. The smallest absolute Gasteiger partial charge is 0.339 e. The zero-order valence-electron chi connectivity index (χ0n) is 14.6. The maximum absolute atomic E-state index is 13.2. The van der Waals surface area contributed by atoms with Gasteiger partial charge >= 0.3 is 5.97 Å². The van der Waals surface area contributed by atoms with E-state index in [1.54, 1.807) is 6.07 Å². The van der Waals surface area contributed by atoms with E-state index in [1.165, 1.54) is 40.4 Å². The number of ether oxygens (including phenoxy) is 3. The van der Waals surface area contributed by atoms with Crippen molar-refractivity contribution in [2.45, 2.75) is 6.92 Å². The number of carbonyl (C=O) groups is 3. The number of benzene rings is 2. The Bertz CT molecular complexity index is 973. The summed E-state index contributed by atoms with van der Waals surface area (Å²) in [5.74, 6) is -1.72. The second-order valence-electron chi connectivity index (χ2n) is 5.68. The van der Waals surface area contributed by atoms with Gasteiger partial charge in [-0.3, -0.25) is 9.59 Å². The van der Waals surface area contributed by atoms with Crippen LogP contribution in [-0.2, 0) is 0 Å². The van der Waals surface area contributed by atoms with Crippen molar-refractivity contribution in [3.63, 3.8) is 0 Å². The Balaban J connectivity index is 2.42. The summed E-state index contributed by atoms with van der Waals surface area (Å²) in [4.78, 5) is 37.9. The third-order valence-electron chi connectivity index (χ3n) is 4.47. The molecule has 0 fully saturated rings. The normalized spacial score (nSPS) is 12.3. The highest BCUT2D eigenvalue weighted by molar-refractivity contribution is 6.31. The van der Waals surface area contributed by atoms with Crippen LogP contribution in [0.5, 0.6) is 17.2 Å². The van der Waals surface area contributed by atoms with Gasteiger partial charge in [-0.1, -0.05) is 0 Å². The van der Waals surface area contributed by atoms with E-state index >= 15 is 0 Å². The van der Waals surface area contributed by atoms with Crippen molar-refractivity contribution in [1.82, 2.24) is 0 Å². The molecule has 2 aromatic carbocycles. The van der Waals surface area contributed by atoms with Crippen molar-refractivity contribution < 1.29 is 33.7 Å². The monoisotopic (exact) mass is 356 g/mol. The Morgan fingerprint density at radius 3 is 1.81 bits per heavy atom. The molecule has 3 rings (SSSR count). The lowest BCUT2D eigenvalue weighted by atomic mass is 9.79. The van der Waals surface area contributed by atoms with Crippen molar-refractivity contribution in [2.75, 3.05) is 21.3 Å². The number of carbonyl (C=O) groups excluding carboxylic acids is 2. The van der Waals surface area contributed by atoms with E-state index in [9.17, 15) is 19.5 Å². The molecule has 2 aromatic rings. The summed E-state index contributed by atoms with van der Waals surface area (Å²) in [6.07, 6.45) is 0. The van der Waals surface area contributed by atoms with Gasteiger partial charge in [0.1, 0.15) is 22.8 Å². The Kier molecular flexibility index (Phi) is 4.15. The minimum Gasteiger partial charge on any atom is -0.496 e. The molecule has 1 N–H and O–H groups in total. The molecule has 0 aliphatic heterocycles. The van der Waals surface area contributed by atoms with Gasteiger partial charge in [-0.2, -0.15) is 0 Å². The van der Waals surface area contributed by atoms with Gasteiger partial charge in [-0.25, -0.2) is 4.79 Å². The number of ketones is 2. The van der Waals surface area contributed by atoms with Crippen molar-refractivity contribution in [3.05, 3.63) is 51.6 Å². The predicted molar refractivity (Wildman–Crippen MR) is 91.1 cm³/mol. The highest BCUT2D eigenvalue weighted by Gasteiger charge is 2.38. The quantitative estimate of drug-likeness (QED) is 0.767. The second-order valence-corrected chi connectivity index (χ2v) is 5.68. The van der Waals surface area contributed by atoms with Crippen LogP contribution in [0.25, 0.3) is 0 Å². The van der Waals surface area contributed by atoms with Crippen LogP contribution in [0.15, 0.2) is 18.2 Å². The average Bonchev–Trinajstić information content (AvgIpc) is 2.63. The van der Waals surface area contributed by atoms with Gasteiger partial charge in [0.05, 0.1) is 32.5 Å². The number of hydrogen-bond donors (Lipinski definition) is 1. The highest BCUT2D eigenvalue weighted by Crippen LogP contribution is 2.41. The SMILES string of the molecule is COc1cc2c(c(C)c1C(=O)O)C(=O)c1c(OC)ccc(OC)c1C2=O. The zero-order valence-corrected chi connectivity index (χ0v) is 14.6. The number of carboxylic acids is 1. The number of carboxylic acid groups (broad SMARTS) is 1. The molecule has 1 aliphatic carbocycles. The lowest BCUT2D eigenvalue weighted by molar-refractivity contribution is 0.0692. The van der Waals surface area contributed by atoms with Crippen LogP contribution in [0.3, 0.4) is 0 Å². The fourth-order valence-corrected chi connectivity index (χ4v) is 3.30. The molecule has 0 atom stereocenters. The predicted octanol–water partition coefficient (Wildman–Crippen LogP) is 2.49. The molecule has 0 spiro atoms. The van der Waals surface area contributed by atoms with Crippen LogP contribution in [0.2, 0.25) is 0 Å². The number of hydrogen-bond acceptors (Lipinski definition) is 6. The van der Waals surface area contributed by atoms with Crippen LogP contribution >= 0.6 is 0 Å². The lowest BCUT2D eigenvalue weighted by Crippen LogP contribution is -2.25. The molecule has 134 valence electrons. The molecule has 0 heterocycles. The van der Waals surface area contributed by atoms with E-state index in [2.05, 4.69) is 0 Å². The molecule has 1 aliphatic rings. The third-order valence-corrected chi connectivity index (χ3v) is 4.47. The summed E-state index contributed by atoms with van der Waals surface area (Å²) >= 11 is 0. The van der Waals surface area contributed by atoms with Crippen molar-refractivity contribution in [2.24, 2.45) is 0 Å². The van der Waals surface area contributed by atoms with Crippen LogP contribution in [0.1, 0.15) is 47.8 Å². The fourth-order valence-electron chi connectivity index (χ4n) is 3.30. The van der Waals surface area contributed by atoms with Crippen molar-refractivity contribution in [3.8, 4) is 17.2 Å². The zero-order chi connectivity index (χ0) is 19.2. The van der Waals surface area contributed by atoms with Crippen molar-refractivity contribution >= 4 is 17.5 Å². The van der Waals surface area contributed by atoms with Gasteiger partial charge in [0.25, 0.3) is 0 Å². The first-order valence-electron chi connectivity index (χ1n) is 7.66. The van der Waals surface area contributed by atoms with Gasteiger partial charge in [-0.15, -0.1) is 0 Å². The average molecular weight is 356 g/mol. The Labute approximate surface area is 149 Å².